The van der Waals surface area contributed by atoms with E-state index in [1.54, 1.807) is 24.3 Å². The lowest BCUT2D eigenvalue weighted by molar-refractivity contribution is 0.103. The number of ketones is 1. The maximum absolute atomic E-state index is 12.3. The van der Waals surface area contributed by atoms with Gasteiger partial charge in [0.15, 0.2) is 5.78 Å². The molecule has 116 valence electrons. The fourth-order valence-electron chi connectivity index (χ4n) is 2.29. The summed E-state index contributed by atoms with van der Waals surface area (Å²) >= 11 is 0. The molecule has 0 saturated carbocycles. The van der Waals surface area contributed by atoms with Gasteiger partial charge in [0.25, 0.3) is 0 Å². The lowest BCUT2D eigenvalue weighted by atomic mass is 10.0. The highest BCUT2D eigenvalue weighted by atomic mass is 16.4. The highest BCUT2D eigenvalue weighted by molar-refractivity contribution is 6.09. The summed E-state index contributed by atoms with van der Waals surface area (Å²) in [4.78, 5) is 12.3. The SMILES string of the molecule is O=C(c1ccccc1)c1ccc(-n2c(O)c(O)c(O)c2O)cc1. The van der Waals surface area contributed by atoms with Crippen molar-refractivity contribution in [1.29, 1.82) is 0 Å². The van der Waals surface area contributed by atoms with Crippen LogP contribution in [0.1, 0.15) is 15.9 Å². The van der Waals surface area contributed by atoms with Crippen LogP contribution in [-0.4, -0.2) is 30.8 Å². The van der Waals surface area contributed by atoms with Crippen molar-refractivity contribution in [1.82, 2.24) is 4.57 Å². The van der Waals surface area contributed by atoms with Crippen molar-refractivity contribution < 1.29 is 25.2 Å². The molecular weight excluding hydrogens is 298 g/mol. The van der Waals surface area contributed by atoms with Crippen LogP contribution >= 0.6 is 0 Å². The molecule has 0 aliphatic heterocycles. The number of benzene rings is 2. The Balaban J connectivity index is 1.98. The number of aromatic hydroxyl groups is 4. The van der Waals surface area contributed by atoms with Gasteiger partial charge in [-0.2, -0.15) is 0 Å². The molecule has 0 spiro atoms. The third kappa shape index (κ3) is 2.36. The van der Waals surface area contributed by atoms with E-state index in [1.807, 2.05) is 6.07 Å². The van der Waals surface area contributed by atoms with Crippen LogP contribution in [0.4, 0.5) is 0 Å². The van der Waals surface area contributed by atoms with Crippen LogP contribution in [0.5, 0.6) is 23.3 Å². The molecule has 0 saturated heterocycles. The first-order valence-electron chi connectivity index (χ1n) is 6.75. The molecular formula is C17H13NO5. The van der Waals surface area contributed by atoms with E-state index in [4.69, 9.17) is 0 Å². The Morgan fingerprint density at radius 3 is 1.70 bits per heavy atom. The summed E-state index contributed by atoms with van der Waals surface area (Å²) in [7, 11) is 0. The molecule has 0 bridgehead atoms. The first-order valence-corrected chi connectivity index (χ1v) is 6.75. The molecule has 6 nitrogen and oxygen atoms in total. The smallest absolute Gasteiger partial charge is 0.246 e. The molecule has 0 radical (unpaired) electrons. The van der Waals surface area contributed by atoms with Crippen LogP contribution in [0.3, 0.4) is 0 Å². The molecule has 1 heterocycles. The minimum Gasteiger partial charge on any atom is -0.500 e. The van der Waals surface area contributed by atoms with Gasteiger partial charge in [-0.3, -0.25) is 4.79 Å². The Morgan fingerprint density at radius 2 is 1.17 bits per heavy atom. The molecule has 3 rings (SSSR count). The van der Waals surface area contributed by atoms with E-state index in [0.29, 0.717) is 11.1 Å². The molecule has 0 atom stereocenters. The second kappa shape index (κ2) is 5.42. The monoisotopic (exact) mass is 311 g/mol. The van der Waals surface area contributed by atoms with Crippen molar-refractivity contribution in [3.05, 3.63) is 65.7 Å². The second-order valence-corrected chi connectivity index (χ2v) is 4.92. The van der Waals surface area contributed by atoms with Gasteiger partial charge in [0, 0.05) is 11.1 Å². The van der Waals surface area contributed by atoms with Gasteiger partial charge in [-0.25, -0.2) is 4.57 Å². The number of rotatable bonds is 3. The number of hydrogen-bond donors (Lipinski definition) is 4. The molecule has 0 unspecified atom stereocenters. The number of carbonyl (C=O) groups excluding carboxylic acids is 1. The standard InChI is InChI=1S/C17H13NO5/c19-13(10-4-2-1-3-5-10)11-6-8-12(9-7-11)18-16(22)14(20)15(21)17(18)23/h1-9,20-23H. The van der Waals surface area contributed by atoms with E-state index < -0.39 is 23.3 Å². The number of nitrogens with zero attached hydrogens (tertiary/aromatic N) is 1. The van der Waals surface area contributed by atoms with E-state index in [2.05, 4.69) is 0 Å². The lowest BCUT2D eigenvalue weighted by Crippen LogP contribution is -2.01. The van der Waals surface area contributed by atoms with Gasteiger partial charge in [-0.1, -0.05) is 30.3 Å². The van der Waals surface area contributed by atoms with Crippen LogP contribution in [0.2, 0.25) is 0 Å². The first kappa shape index (κ1) is 14.5. The van der Waals surface area contributed by atoms with Crippen molar-refractivity contribution >= 4 is 5.78 Å². The molecule has 2 aromatic carbocycles. The predicted octanol–water partition coefficient (Wildman–Crippen LogP) is 2.53. The molecule has 3 aromatic rings. The van der Waals surface area contributed by atoms with Gasteiger partial charge in [0.1, 0.15) is 0 Å². The van der Waals surface area contributed by atoms with Gasteiger partial charge >= 0.3 is 0 Å². The molecule has 0 fully saturated rings. The fourth-order valence-corrected chi connectivity index (χ4v) is 2.29. The molecule has 4 N–H and O–H groups in total. The second-order valence-electron chi connectivity index (χ2n) is 4.92. The highest BCUT2D eigenvalue weighted by Gasteiger charge is 2.22. The van der Waals surface area contributed by atoms with E-state index >= 15 is 0 Å². The normalized spacial score (nSPS) is 10.6. The van der Waals surface area contributed by atoms with E-state index in [9.17, 15) is 25.2 Å². The highest BCUT2D eigenvalue weighted by Crippen LogP contribution is 2.46. The molecule has 0 aliphatic rings. The topological polar surface area (TPSA) is 103 Å². The van der Waals surface area contributed by atoms with Crippen molar-refractivity contribution in [2.24, 2.45) is 0 Å². The van der Waals surface area contributed by atoms with Gasteiger partial charge < -0.3 is 20.4 Å². The summed E-state index contributed by atoms with van der Waals surface area (Å²) in [6, 6.07) is 14.8. The van der Waals surface area contributed by atoms with Crippen LogP contribution < -0.4 is 0 Å². The summed E-state index contributed by atoms with van der Waals surface area (Å²) < 4.78 is 0.863. The Labute approximate surface area is 131 Å². The number of hydrogen-bond acceptors (Lipinski definition) is 5. The van der Waals surface area contributed by atoms with E-state index in [1.165, 1.54) is 24.3 Å². The Hall–Kier alpha value is -3.41. The Morgan fingerprint density at radius 1 is 0.696 bits per heavy atom. The van der Waals surface area contributed by atoms with E-state index in [-0.39, 0.29) is 11.5 Å². The minimum absolute atomic E-state index is 0.163. The average Bonchev–Trinajstić information content (AvgIpc) is 2.79. The summed E-state index contributed by atoms with van der Waals surface area (Å²) in [6.07, 6.45) is 0. The van der Waals surface area contributed by atoms with Crippen LogP contribution in [0, 0.1) is 0 Å². The zero-order valence-electron chi connectivity index (χ0n) is 11.8. The van der Waals surface area contributed by atoms with Crippen LogP contribution in [-0.2, 0) is 0 Å². The number of aromatic nitrogens is 1. The lowest BCUT2D eigenvalue weighted by Gasteiger charge is -2.07. The third-order valence-electron chi connectivity index (χ3n) is 3.50. The predicted molar refractivity (Wildman–Crippen MR) is 82.3 cm³/mol. The quantitative estimate of drug-likeness (QED) is 0.557. The van der Waals surface area contributed by atoms with Crippen LogP contribution in [0.15, 0.2) is 54.6 Å². The van der Waals surface area contributed by atoms with Crippen molar-refractivity contribution in [3.63, 3.8) is 0 Å². The number of carbonyl (C=O) groups is 1. The largest absolute Gasteiger partial charge is 0.500 e. The van der Waals surface area contributed by atoms with Gasteiger partial charge in [-0.15, -0.1) is 0 Å². The molecule has 0 aliphatic carbocycles. The maximum Gasteiger partial charge on any atom is 0.246 e. The zero-order valence-corrected chi connectivity index (χ0v) is 11.8. The van der Waals surface area contributed by atoms with Crippen LogP contribution in [0.25, 0.3) is 5.69 Å². The third-order valence-corrected chi connectivity index (χ3v) is 3.50. The van der Waals surface area contributed by atoms with Gasteiger partial charge in [-0.05, 0) is 24.3 Å². The Kier molecular flexibility index (Phi) is 3.42. The van der Waals surface area contributed by atoms with Crippen molar-refractivity contribution in [2.45, 2.75) is 0 Å². The fraction of sp³-hybridized carbons (Fsp3) is 0. The zero-order chi connectivity index (χ0) is 16.6. The van der Waals surface area contributed by atoms with E-state index in [0.717, 1.165) is 4.57 Å². The van der Waals surface area contributed by atoms with Crippen molar-refractivity contribution in [2.75, 3.05) is 0 Å². The van der Waals surface area contributed by atoms with Crippen molar-refractivity contribution in [3.8, 4) is 28.9 Å². The summed E-state index contributed by atoms with van der Waals surface area (Å²) in [6.45, 7) is 0. The van der Waals surface area contributed by atoms with Gasteiger partial charge in [0.2, 0.25) is 23.3 Å². The summed E-state index contributed by atoms with van der Waals surface area (Å²) in [5.74, 6) is -3.17. The minimum atomic E-state index is -0.813. The first-order chi connectivity index (χ1) is 11.0. The average molecular weight is 311 g/mol. The summed E-state index contributed by atoms with van der Waals surface area (Å²) in [5.41, 5.74) is 1.25. The molecule has 6 heteroatoms. The molecule has 0 amide bonds. The van der Waals surface area contributed by atoms with Gasteiger partial charge in [0.05, 0.1) is 5.69 Å². The summed E-state index contributed by atoms with van der Waals surface area (Å²) in [5, 5.41) is 38.3. The molecule has 1 aromatic heterocycles. The Bertz CT molecular complexity index is 841. The molecule has 23 heavy (non-hydrogen) atoms. The maximum atomic E-state index is 12.3.